The van der Waals surface area contributed by atoms with Crippen molar-refractivity contribution in [1.82, 2.24) is 10.3 Å². The van der Waals surface area contributed by atoms with Crippen LogP contribution in [-0.4, -0.2) is 11.5 Å². The smallest absolute Gasteiger partial charge is 0.128 e. The van der Waals surface area contributed by atoms with E-state index in [4.69, 9.17) is 5.73 Å². The predicted octanol–water partition coefficient (Wildman–Crippen LogP) is 3.17. The fraction of sp³-hybridized carbons (Fsp3) is 0.353. The van der Waals surface area contributed by atoms with E-state index in [1.807, 2.05) is 13.1 Å². The maximum Gasteiger partial charge on any atom is 0.128 e. The summed E-state index contributed by atoms with van der Waals surface area (Å²) in [6.45, 7) is 7.17. The molecule has 3 nitrogen and oxygen atoms in total. The summed E-state index contributed by atoms with van der Waals surface area (Å²) in [5.41, 5.74) is 10.9. The van der Waals surface area contributed by atoms with E-state index in [2.05, 4.69) is 54.5 Å². The first-order chi connectivity index (χ1) is 9.60. The average molecular weight is 269 g/mol. The maximum absolute atomic E-state index is 6.05. The Morgan fingerprint density at radius 1 is 1.15 bits per heavy atom. The molecule has 0 aliphatic heterocycles. The van der Waals surface area contributed by atoms with Crippen LogP contribution < -0.4 is 11.1 Å². The van der Waals surface area contributed by atoms with E-state index < -0.39 is 0 Å². The molecule has 2 rings (SSSR count). The Morgan fingerprint density at radius 2 is 1.85 bits per heavy atom. The van der Waals surface area contributed by atoms with Gasteiger partial charge in [0.1, 0.15) is 5.82 Å². The first-order valence-corrected chi connectivity index (χ1v) is 7.11. The van der Waals surface area contributed by atoms with Gasteiger partial charge in [-0.15, -0.1) is 0 Å². The van der Waals surface area contributed by atoms with Crippen molar-refractivity contribution in [1.29, 1.82) is 0 Å². The molecule has 20 heavy (non-hydrogen) atoms. The molecule has 3 N–H and O–H groups in total. The highest BCUT2D eigenvalue weighted by Crippen LogP contribution is 2.23. The number of benzene rings is 1. The molecule has 1 aromatic heterocycles. The van der Waals surface area contributed by atoms with Crippen LogP contribution in [0.25, 0.3) is 0 Å². The molecule has 0 fully saturated rings. The monoisotopic (exact) mass is 269 g/mol. The van der Waals surface area contributed by atoms with Crippen molar-refractivity contribution in [3.8, 4) is 0 Å². The van der Waals surface area contributed by atoms with Gasteiger partial charge < -0.3 is 11.1 Å². The van der Waals surface area contributed by atoms with Gasteiger partial charge in [-0.05, 0) is 44.0 Å². The number of nitrogens with two attached hydrogens (primary N) is 1. The number of aromatic nitrogens is 1. The van der Waals surface area contributed by atoms with Gasteiger partial charge >= 0.3 is 0 Å². The van der Waals surface area contributed by atoms with E-state index in [0.29, 0.717) is 5.82 Å². The minimum absolute atomic E-state index is 0.204. The molecular formula is C17H23N3. The minimum atomic E-state index is 0.204. The van der Waals surface area contributed by atoms with Crippen LogP contribution >= 0.6 is 0 Å². The number of pyridine rings is 1. The van der Waals surface area contributed by atoms with Crippen LogP contribution in [0.4, 0.5) is 5.82 Å². The van der Waals surface area contributed by atoms with Crippen molar-refractivity contribution in [2.75, 3.05) is 12.3 Å². The van der Waals surface area contributed by atoms with Crippen LogP contribution in [0.2, 0.25) is 0 Å². The first-order valence-electron chi connectivity index (χ1n) is 7.11. The molecule has 0 aliphatic rings. The lowest BCUT2D eigenvalue weighted by molar-refractivity contribution is 0.549. The number of hydrogen-bond donors (Lipinski definition) is 2. The van der Waals surface area contributed by atoms with E-state index in [1.54, 1.807) is 0 Å². The van der Waals surface area contributed by atoms with Gasteiger partial charge in [-0.3, -0.25) is 0 Å². The van der Waals surface area contributed by atoms with Gasteiger partial charge in [-0.1, -0.05) is 36.8 Å². The van der Waals surface area contributed by atoms with Crippen molar-refractivity contribution in [3.63, 3.8) is 0 Å². The summed E-state index contributed by atoms with van der Waals surface area (Å²) in [7, 11) is 0. The summed E-state index contributed by atoms with van der Waals surface area (Å²) < 4.78 is 0. The Bertz CT molecular complexity index is 561. The number of hydrogen-bond acceptors (Lipinski definition) is 3. The van der Waals surface area contributed by atoms with Crippen LogP contribution in [0.1, 0.15) is 35.2 Å². The third-order valence-corrected chi connectivity index (χ3v) is 3.47. The second-order valence-electron chi connectivity index (χ2n) is 5.29. The standard InChI is InChI=1S/C17H23N3/c1-4-19-16(10-14-7-5-12(2)6-8-14)15-9-13(3)11-20-17(15)18/h5-9,11,16,19H,4,10H2,1-3H3,(H2,18,20). The van der Waals surface area contributed by atoms with Crippen molar-refractivity contribution in [2.24, 2.45) is 0 Å². The molecule has 106 valence electrons. The van der Waals surface area contributed by atoms with Crippen molar-refractivity contribution in [3.05, 3.63) is 58.8 Å². The highest BCUT2D eigenvalue weighted by atomic mass is 14.9. The summed E-state index contributed by atoms with van der Waals surface area (Å²) in [4.78, 5) is 4.28. The lowest BCUT2D eigenvalue weighted by atomic mass is 9.97. The summed E-state index contributed by atoms with van der Waals surface area (Å²) in [6.07, 6.45) is 2.73. The average Bonchev–Trinajstić information content (AvgIpc) is 2.43. The zero-order valence-electron chi connectivity index (χ0n) is 12.5. The highest BCUT2D eigenvalue weighted by Gasteiger charge is 2.15. The topological polar surface area (TPSA) is 50.9 Å². The van der Waals surface area contributed by atoms with Gasteiger partial charge in [0.2, 0.25) is 0 Å². The van der Waals surface area contributed by atoms with Gasteiger partial charge in [0.05, 0.1) is 0 Å². The van der Waals surface area contributed by atoms with Crippen LogP contribution in [0.5, 0.6) is 0 Å². The molecule has 0 aliphatic carbocycles. The molecule has 0 bridgehead atoms. The van der Waals surface area contributed by atoms with Crippen LogP contribution in [-0.2, 0) is 6.42 Å². The fourth-order valence-electron chi connectivity index (χ4n) is 2.38. The normalized spacial score (nSPS) is 12.3. The molecule has 1 unspecified atom stereocenters. The molecule has 1 heterocycles. The van der Waals surface area contributed by atoms with Crippen LogP contribution in [0.3, 0.4) is 0 Å². The second-order valence-corrected chi connectivity index (χ2v) is 5.29. The van der Waals surface area contributed by atoms with Crippen molar-refractivity contribution in [2.45, 2.75) is 33.2 Å². The molecule has 3 heteroatoms. The minimum Gasteiger partial charge on any atom is -0.383 e. The molecule has 1 aromatic carbocycles. The maximum atomic E-state index is 6.05. The zero-order valence-corrected chi connectivity index (χ0v) is 12.5. The van der Waals surface area contributed by atoms with E-state index >= 15 is 0 Å². The lowest BCUT2D eigenvalue weighted by Crippen LogP contribution is -2.24. The molecule has 0 saturated carbocycles. The number of nitrogen functional groups attached to an aromatic ring is 1. The molecular weight excluding hydrogens is 246 g/mol. The molecule has 1 atom stereocenters. The number of aryl methyl sites for hydroxylation is 2. The zero-order chi connectivity index (χ0) is 14.5. The van der Waals surface area contributed by atoms with E-state index in [9.17, 15) is 0 Å². The number of likely N-dealkylation sites (N-methyl/N-ethyl adjacent to an activating group) is 1. The van der Waals surface area contributed by atoms with E-state index in [-0.39, 0.29) is 6.04 Å². The Morgan fingerprint density at radius 3 is 2.50 bits per heavy atom. The molecule has 0 spiro atoms. The van der Waals surface area contributed by atoms with Crippen molar-refractivity contribution >= 4 is 5.82 Å². The molecule has 0 radical (unpaired) electrons. The number of rotatable bonds is 5. The quantitative estimate of drug-likeness (QED) is 0.876. The van der Waals surface area contributed by atoms with Gasteiger partial charge in [-0.2, -0.15) is 0 Å². The van der Waals surface area contributed by atoms with Crippen LogP contribution in [0, 0.1) is 13.8 Å². The summed E-state index contributed by atoms with van der Waals surface area (Å²) in [6, 6.07) is 11.0. The molecule has 0 amide bonds. The SMILES string of the molecule is CCNC(Cc1ccc(C)cc1)c1cc(C)cnc1N. The number of anilines is 1. The Labute approximate surface area is 121 Å². The number of nitrogens with one attached hydrogen (secondary N) is 1. The van der Waals surface area contributed by atoms with Gasteiger partial charge in [-0.25, -0.2) is 4.98 Å². The first kappa shape index (κ1) is 14.5. The largest absolute Gasteiger partial charge is 0.383 e. The van der Waals surface area contributed by atoms with Gasteiger partial charge in [0.15, 0.2) is 0 Å². The van der Waals surface area contributed by atoms with E-state index in [1.165, 1.54) is 11.1 Å². The van der Waals surface area contributed by atoms with E-state index in [0.717, 1.165) is 24.1 Å². The van der Waals surface area contributed by atoms with Crippen molar-refractivity contribution < 1.29 is 0 Å². The Kier molecular flexibility index (Phi) is 4.74. The lowest BCUT2D eigenvalue weighted by Gasteiger charge is -2.20. The van der Waals surface area contributed by atoms with Gasteiger partial charge in [0.25, 0.3) is 0 Å². The predicted molar refractivity (Wildman–Crippen MR) is 84.7 cm³/mol. The molecule has 2 aromatic rings. The third-order valence-electron chi connectivity index (χ3n) is 3.47. The third kappa shape index (κ3) is 3.58. The Balaban J connectivity index is 2.26. The number of nitrogens with zero attached hydrogens (tertiary/aromatic N) is 1. The second kappa shape index (κ2) is 6.53. The van der Waals surface area contributed by atoms with Gasteiger partial charge in [0, 0.05) is 17.8 Å². The molecule has 0 saturated heterocycles. The summed E-state index contributed by atoms with van der Waals surface area (Å²) in [5, 5.41) is 3.51. The fourth-order valence-corrected chi connectivity index (χ4v) is 2.38. The summed E-state index contributed by atoms with van der Waals surface area (Å²) in [5.74, 6) is 0.619. The summed E-state index contributed by atoms with van der Waals surface area (Å²) >= 11 is 0. The highest BCUT2D eigenvalue weighted by molar-refractivity contribution is 5.43. The van der Waals surface area contributed by atoms with Crippen LogP contribution in [0.15, 0.2) is 36.5 Å². The Hall–Kier alpha value is -1.87.